The first-order valence-corrected chi connectivity index (χ1v) is 9.64. The van der Waals surface area contributed by atoms with Gasteiger partial charge in [0, 0.05) is 6.54 Å². The zero-order valence-corrected chi connectivity index (χ0v) is 17.0. The van der Waals surface area contributed by atoms with E-state index in [1.165, 1.54) is 18.9 Å². The first-order chi connectivity index (χ1) is 13.5. The average Bonchev–Trinajstić information content (AvgIpc) is 3.08. The maximum atomic E-state index is 12.6. The number of benzene rings is 2. The molecule has 0 bridgehead atoms. The Morgan fingerprint density at radius 3 is 2.21 bits per heavy atom. The van der Waals surface area contributed by atoms with Crippen molar-refractivity contribution in [2.24, 2.45) is 0 Å². The molecule has 1 aliphatic rings. The molecule has 3 rings (SSSR count). The van der Waals surface area contributed by atoms with Crippen molar-refractivity contribution < 1.29 is 28.8 Å². The van der Waals surface area contributed by atoms with Gasteiger partial charge in [0.15, 0.2) is 23.0 Å². The molecule has 2 aromatic carbocycles. The largest absolute Gasteiger partial charge is 0.504 e. The zero-order chi connectivity index (χ0) is 20.3. The van der Waals surface area contributed by atoms with Crippen LogP contribution >= 0.6 is 11.8 Å². The minimum atomic E-state index is -0.194. The highest BCUT2D eigenvalue weighted by Crippen LogP contribution is 2.46. The zero-order valence-electron chi connectivity index (χ0n) is 16.2. The summed E-state index contributed by atoms with van der Waals surface area (Å²) in [7, 11) is 6.18. The highest BCUT2D eigenvalue weighted by molar-refractivity contribution is 8.00. The van der Waals surface area contributed by atoms with Crippen molar-refractivity contribution >= 4 is 17.7 Å². The lowest BCUT2D eigenvalue weighted by atomic mass is 10.1. The molecule has 1 fully saturated rings. The van der Waals surface area contributed by atoms with Crippen LogP contribution < -0.4 is 18.9 Å². The van der Waals surface area contributed by atoms with Crippen LogP contribution in [0.1, 0.15) is 16.5 Å². The Morgan fingerprint density at radius 1 is 1.00 bits per heavy atom. The Bertz CT molecular complexity index is 847. The number of carbonyl (C=O) groups is 1. The van der Waals surface area contributed by atoms with Gasteiger partial charge in [0.1, 0.15) is 5.37 Å². The van der Waals surface area contributed by atoms with Crippen molar-refractivity contribution in [3.63, 3.8) is 0 Å². The SMILES string of the molecule is COc1cc(CN2C(=O)CSC2c2cc(OC)c(OC)c(OC)c2)ccc1O. The summed E-state index contributed by atoms with van der Waals surface area (Å²) in [5.41, 5.74) is 1.75. The van der Waals surface area contributed by atoms with Gasteiger partial charge in [-0.05, 0) is 35.4 Å². The van der Waals surface area contributed by atoms with Crippen LogP contribution in [-0.4, -0.2) is 50.1 Å². The van der Waals surface area contributed by atoms with Gasteiger partial charge in [0.05, 0.1) is 34.2 Å². The first kappa shape index (κ1) is 20.0. The number of hydrogen-bond acceptors (Lipinski definition) is 7. The van der Waals surface area contributed by atoms with E-state index in [1.54, 1.807) is 44.4 Å². The van der Waals surface area contributed by atoms with E-state index in [2.05, 4.69) is 0 Å². The molecule has 0 saturated carbocycles. The number of ether oxygens (including phenoxy) is 4. The molecule has 0 aromatic heterocycles. The average molecular weight is 405 g/mol. The van der Waals surface area contributed by atoms with Crippen molar-refractivity contribution in [3.05, 3.63) is 41.5 Å². The smallest absolute Gasteiger partial charge is 0.234 e. The molecule has 0 radical (unpaired) electrons. The third kappa shape index (κ3) is 3.77. The van der Waals surface area contributed by atoms with Crippen LogP contribution in [0.15, 0.2) is 30.3 Å². The van der Waals surface area contributed by atoms with Gasteiger partial charge in [0.25, 0.3) is 0 Å². The number of phenolic OH excluding ortho intramolecular Hbond substituents is 1. The Labute approximate surface area is 168 Å². The molecular formula is C20H23NO6S. The number of amides is 1. The first-order valence-electron chi connectivity index (χ1n) is 8.59. The molecule has 1 unspecified atom stereocenters. The van der Waals surface area contributed by atoms with E-state index in [0.717, 1.165) is 11.1 Å². The van der Waals surface area contributed by atoms with E-state index in [0.29, 0.717) is 35.3 Å². The van der Waals surface area contributed by atoms with Crippen LogP contribution in [0.4, 0.5) is 0 Å². The number of carbonyl (C=O) groups excluding carboxylic acids is 1. The fourth-order valence-electron chi connectivity index (χ4n) is 3.16. The molecule has 1 atom stereocenters. The van der Waals surface area contributed by atoms with Gasteiger partial charge >= 0.3 is 0 Å². The molecule has 28 heavy (non-hydrogen) atoms. The van der Waals surface area contributed by atoms with E-state index in [-0.39, 0.29) is 17.0 Å². The van der Waals surface area contributed by atoms with Gasteiger partial charge in [-0.1, -0.05) is 6.07 Å². The van der Waals surface area contributed by atoms with Gasteiger partial charge in [0.2, 0.25) is 11.7 Å². The Kier molecular flexibility index (Phi) is 6.08. The van der Waals surface area contributed by atoms with Gasteiger partial charge in [-0.3, -0.25) is 4.79 Å². The Hall–Kier alpha value is -2.74. The van der Waals surface area contributed by atoms with Crippen molar-refractivity contribution in [1.29, 1.82) is 0 Å². The lowest BCUT2D eigenvalue weighted by molar-refractivity contribution is -0.128. The van der Waals surface area contributed by atoms with E-state index >= 15 is 0 Å². The molecule has 0 spiro atoms. The molecule has 8 heteroatoms. The van der Waals surface area contributed by atoms with Crippen LogP contribution in [0.2, 0.25) is 0 Å². The second-order valence-electron chi connectivity index (χ2n) is 6.15. The maximum absolute atomic E-state index is 12.6. The second-order valence-corrected chi connectivity index (χ2v) is 7.22. The van der Waals surface area contributed by atoms with Gasteiger partial charge < -0.3 is 29.0 Å². The van der Waals surface area contributed by atoms with E-state index in [9.17, 15) is 9.90 Å². The number of thioether (sulfide) groups is 1. The minimum absolute atomic E-state index is 0.0378. The number of nitrogens with zero attached hydrogens (tertiary/aromatic N) is 1. The lowest BCUT2D eigenvalue weighted by Crippen LogP contribution is -2.27. The number of hydrogen-bond donors (Lipinski definition) is 1. The van der Waals surface area contributed by atoms with Crippen molar-refractivity contribution in [3.8, 4) is 28.7 Å². The van der Waals surface area contributed by atoms with Crippen molar-refractivity contribution in [2.45, 2.75) is 11.9 Å². The molecule has 1 heterocycles. The Morgan fingerprint density at radius 2 is 1.64 bits per heavy atom. The molecule has 7 nitrogen and oxygen atoms in total. The van der Waals surface area contributed by atoms with Crippen LogP contribution in [0, 0.1) is 0 Å². The molecule has 150 valence electrons. The Balaban J connectivity index is 1.94. The van der Waals surface area contributed by atoms with Gasteiger partial charge in [-0.25, -0.2) is 0 Å². The van der Waals surface area contributed by atoms with Crippen molar-refractivity contribution in [1.82, 2.24) is 4.90 Å². The van der Waals surface area contributed by atoms with E-state index < -0.39 is 0 Å². The van der Waals surface area contributed by atoms with Crippen LogP contribution in [-0.2, 0) is 11.3 Å². The number of phenols is 1. The summed E-state index contributed by atoms with van der Waals surface area (Å²) in [6, 6.07) is 8.80. The number of aromatic hydroxyl groups is 1. The number of rotatable bonds is 7. The third-order valence-electron chi connectivity index (χ3n) is 4.54. The highest BCUT2D eigenvalue weighted by atomic mass is 32.2. The topological polar surface area (TPSA) is 77.5 Å². The summed E-state index contributed by atoms with van der Waals surface area (Å²) < 4.78 is 21.4. The normalized spacial score (nSPS) is 16.2. The lowest BCUT2D eigenvalue weighted by Gasteiger charge is -2.26. The predicted molar refractivity (Wildman–Crippen MR) is 107 cm³/mol. The summed E-state index contributed by atoms with van der Waals surface area (Å²) in [4.78, 5) is 14.3. The molecular weight excluding hydrogens is 382 g/mol. The summed E-state index contributed by atoms with van der Waals surface area (Å²) in [5.74, 6) is 2.46. The predicted octanol–water partition coefficient (Wildman–Crippen LogP) is 3.20. The number of methoxy groups -OCH3 is 4. The maximum Gasteiger partial charge on any atom is 0.234 e. The van der Waals surface area contributed by atoms with Crippen LogP contribution in [0.5, 0.6) is 28.7 Å². The molecule has 1 N–H and O–H groups in total. The second kappa shape index (κ2) is 8.52. The van der Waals surface area contributed by atoms with Gasteiger partial charge in [-0.15, -0.1) is 11.8 Å². The molecule has 1 saturated heterocycles. The van der Waals surface area contributed by atoms with E-state index in [1.807, 2.05) is 12.1 Å². The quantitative estimate of drug-likeness (QED) is 0.758. The summed E-state index contributed by atoms with van der Waals surface area (Å²) >= 11 is 1.54. The molecule has 1 aliphatic heterocycles. The monoisotopic (exact) mass is 405 g/mol. The van der Waals surface area contributed by atoms with E-state index in [4.69, 9.17) is 18.9 Å². The fraction of sp³-hybridized carbons (Fsp3) is 0.350. The fourth-order valence-corrected chi connectivity index (χ4v) is 4.33. The van der Waals surface area contributed by atoms with Crippen LogP contribution in [0.3, 0.4) is 0 Å². The van der Waals surface area contributed by atoms with Gasteiger partial charge in [-0.2, -0.15) is 0 Å². The van der Waals surface area contributed by atoms with Crippen molar-refractivity contribution in [2.75, 3.05) is 34.2 Å². The molecule has 2 aromatic rings. The highest BCUT2D eigenvalue weighted by Gasteiger charge is 2.34. The summed E-state index contributed by atoms with van der Waals surface area (Å²) in [5, 5.41) is 9.60. The standard InChI is InChI=1S/C20H23NO6S/c1-24-15-7-12(5-6-14(15)22)10-21-18(23)11-28-20(21)13-8-16(25-2)19(27-4)17(9-13)26-3/h5-9,20,22H,10-11H2,1-4H3. The summed E-state index contributed by atoms with van der Waals surface area (Å²) in [6.45, 7) is 0.393. The summed E-state index contributed by atoms with van der Waals surface area (Å²) in [6.07, 6.45) is 0. The third-order valence-corrected chi connectivity index (χ3v) is 5.79. The minimum Gasteiger partial charge on any atom is -0.504 e. The van der Waals surface area contributed by atoms with Crippen LogP contribution in [0.25, 0.3) is 0 Å². The molecule has 0 aliphatic carbocycles. The molecule has 1 amide bonds.